The molecule has 0 heterocycles. The van der Waals surface area contributed by atoms with Crippen molar-refractivity contribution in [3.8, 4) is 6.07 Å². The normalized spacial score (nSPS) is 10.0. The topological polar surface area (TPSA) is 35.8 Å². The third-order valence-corrected chi connectivity index (χ3v) is 2.67. The highest BCUT2D eigenvalue weighted by Crippen LogP contribution is 2.10. The molecule has 0 atom stereocenters. The van der Waals surface area contributed by atoms with Gasteiger partial charge in [-0.25, -0.2) is 4.39 Å². The van der Waals surface area contributed by atoms with Gasteiger partial charge in [0.2, 0.25) is 0 Å². The molecule has 2 nitrogen and oxygen atoms in total. The van der Waals surface area contributed by atoms with Crippen LogP contribution in [0.25, 0.3) is 0 Å². The van der Waals surface area contributed by atoms with Gasteiger partial charge in [0.1, 0.15) is 5.82 Å². The first-order valence-electron chi connectivity index (χ1n) is 5.73. The van der Waals surface area contributed by atoms with Crippen LogP contribution in [0.5, 0.6) is 0 Å². The molecule has 2 aromatic rings. The Hall–Kier alpha value is -2.18. The highest BCUT2D eigenvalue weighted by Gasteiger charge is 2.02. The molecule has 1 N–H and O–H groups in total. The molecule has 0 aliphatic heterocycles. The lowest BCUT2D eigenvalue weighted by Gasteiger charge is -2.06. The van der Waals surface area contributed by atoms with Gasteiger partial charge in [0.05, 0.1) is 11.6 Å². The third-order valence-electron chi connectivity index (χ3n) is 2.67. The minimum atomic E-state index is -0.338. The molecule has 0 fully saturated rings. The molecule has 0 aromatic heterocycles. The fourth-order valence-electron chi connectivity index (χ4n) is 1.70. The fraction of sp³-hybridized carbons (Fsp3) is 0.133. The summed E-state index contributed by atoms with van der Waals surface area (Å²) in [6, 6.07) is 16.4. The highest BCUT2D eigenvalue weighted by molar-refractivity contribution is 5.32. The van der Waals surface area contributed by atoms with Crippen molar-refractivity contribution in [2.24, 2.45) is 0 Å². The molecular weight excluding hydrogens is 227 g/mol. The molecule has 0 unspecified atom stereocenters. The number of rotatable bonds is 4. The third kappa shape index (κ3) is 3.16. The average Bonchev–Trinajstić information content (AvgIpc) is 2.42. The van der Waals surface area contributed by atoms with Gasteiger partial charge in [0.15, 0.2) is 0 Å². The lowest BCUT2D eigenvalue weighted by atomic mass is 10.1. The van der Waals surface area contributed by atoms with E-state index in [1.54, 1.807) is 12.1 Å². The van der Waals surface area contributed by atoms with Crippen molar-refractivity contribution < 1.29 is 4.39 Å². The molecule has 0 aliphatic rings. The van der Waals surface area contributed by atoms with Crippen molar-refractivity contribution in [3.63, 3.8) is 0 Å². The van der Waals surface area contributed by atoms with E-state index in [2.05, 4.69) is 5.32 Å². The maximum absolute atomic E-state index is 13.6. The van der Waals surface area contributed by atoms with Crippen LogP contribution in [0.2, 0.25) is 0 Å². The molecule has 0 radical (unpaired) electrons. The van der Waals surface area contributed by atoms with Crippen molar-refractivity contribution in [3.05, 3.63) is 71.0 Å². The van der Waals surface area contributed by atoms with Gasteiger partial charge in [-0.2, -0.15) is 5.26 Å². The molecule has 2 aromatic carbocycles. The number of halogens is 1. The van der Waals surface area contributed by atoms with E-state index in [0.29, 0.717) is 24.2 Å². The monoisotopic (exact) mass is 240 g/mol. The first-order chi connectivity index (χ1) is 8.79. The molecule has 0 saturated heterocycles. The standard InChI is InChI=1S/C15H13FN2/c16-15-8-13(9-17)6-7-14(15)11-18-10-12-4-2-1-3-5-12/h1-8,18H,10-11H2. The van der Waals surface area contributed by atoms with Crippen LogP contribution < -0.4 is 5.32 Å². The Morgan fingerprint density at radius 3 is 2.50 bits per heavy atom. The van der Waals surface area contributed by atoms with Gasteiger partial charge < -0.3 is 5.32 Å². The van der Waals surface area contributed by atoms with Crippen LogP contribution in [-0.4, -0.2) is 0 Å². The Bertz CT molecular complexity index is 558. The summed E-state index contributed by atoms with van der Waals surface area (Å²) < 4.78 is 13.6. The Morgan fingerprint density at radius 2 is 1.83 bits per heavy atom. The summed E-state index contributed by atoms with van der Waals surface area (Å²) in [6.07, 6.45) is 0. The molecule has 0 saturated carbocycles. The number of nitrogens with zero attached hydrogens (tertiary/aromatic N) is 1. The van der Waals surface area contributed by atoms with E-state index >= 15 is 0 Å². The van der Waals surface area contributed by atoms with Crippen molar-refractivity contribution in [1.82, 2.24) is 5.32 Å². The van der Waals surface area contributed by atoms with Gasteiger partial charge in [-0.15, -0.1) is 0 Å². The van der Waals surface area contributed by atoms with Gasteiger partial charge in [-0.05, 0) is 17.7 Å². The van der Waals surface area contributed by atoms with Gasteiger partial charge >= 0.3 is 0 Å². The van der Waals surface area contributed by atoms with E-state index in [-0.39, 0.29) is 5.82 Å². The Balaban J connectivity index is 1.93. The minimum absolute atomic E-state index is 0.338. The molecule has 0 amide bonds. The maximum Gasteiger partial charge on any atom is 0.129 e. The first kappa shape index (κ1) is 12.3. The van der Waals surface area contributed by atoms with Gasteiger partial charge in [0, 0.05) is 18.7 Å². The van der Waals surface area contributed by atoms with E-state index in [9.17, 15) is 4.39 Å². The summed E-state index contributed by atoms with van der Waals surface area (Å²) in [5.41, 5.74) is 2.08. The zero-order chi connectivity index (χ0) is 12.8. The zero-order valence-electron chi connectivity index (χ0n) is 9.86. The minimum Gasteiger partial charge on any atom is -0.309 e. The van der Waals surface area contributed by atoms with Crippen molar-refractivity contribution >= 4 is 0 Å². The highest BCUT2D eigenvalue weighted by atomic mass is 19.1. The van der Waals surface area contributed by atoms with Crippen molar-refractivity contribution in [2.75, 3.05) is 0 Å². The van der Waals surface area contributed by atoms with Crippen LogP contribution in [0, 0.1) is 17.1 Å². The quantitative estimate of drug-likeness (QED) is 0.891. The van der Waals surface area contributed by atoms with Gasteiger partial charge in [0.25, 0.3) is 0 Å². The predicted octanol–water partition coefficient (Wildman–Crippen LogP) is 2.99. The lowest BCUT2D eigenvalue weighted by molar-refractivity contribution is 0.587. The molecule has 0 spiro atoms. The Kier molecular flexibility index (Phi) is 4.06. The molecule has 0 bridgehead atoms. The van der Waals surface area contributed by atoms with E-state index in [0.717, 1.165) is 5.56 Å². The number of hydrogen-bond acceptors (Lipinski definition) is 2. The first-order valence-corrected chi connectivity index (χ1v) is 5.73. The number of nitriles is 1. The SMILES string of the molecule is N#Cc1ccc(CNCc2ccccc2)c(F)c1. The smallest absolute Gasteiger partial charge is 0.129 e. The summed E-state index contributed by atoms with van der Waals surface area (Å²) in [6.45, 7) is 1.15. The lowest BCUT2D eigenvalue weighted by Crippen LogP contribution is -2.13. The second kappa shape index (κ2) is 5.95. The Labute approximate surface area is 106 Å². The van der Waals surface area contributed by atoms with Crippen LogP contribution >= 0.6 is 0 Å². The molecule has 0 aliphatic carbocycles. The summed E-state index contributed by atoms with van der Waals surface area (Å²) in [7, 11) is 0. The van der Waals surface area contributed by atoms with Crippen molar-refractivity contribution in [1.29, 1.82) is 5.26 Å². The second-order valence-corrected chi connectivity index (χ2v) is 4.01. The van der Waals surface area contributed by atoms with Crippen LogP contribution in [0.4, 0.5) is 4.39 Å². The van der Waals surface area contributed by atoms with Crippen LogP contribution in [-0.2, 0) is 13.1 Å². The van der Waals surface area contributed by atoms with Gasteiger partial charge in [-0.1, -0.05) is 36.4 Å². The molecule has 2 rings (SSSR count). The van der Waals surface area contributed by atoms with Gasteiger partial charge in [-0.3, -0.25) is 0 Å². The number of benzene rings is 2. The molecule has 3 heteroatoms. The zero-order valence-corrected chi connectivity index (χ0v) is 9.86. The second-order valence-electron chi connectivity index (χ2n) is 4.01. The van der Waals surface area contributed by atoms with Crippen LogP contribution in [0.3, 0.4) is 0 Å². The fourth-order valence-corrected chi connectivity index (χ4v) is 1.70. The van der Waals surface area contributed by atoms with E-state index < -0.39 is 0 Å². The molecule has 90 valence electrons. The van der Waals surface area contributed by atoms with E-state index in [1.807, 2.05) is 36.4 Å². The summed E-state index contributed by atoms with van der Waals surface area (Å²) in [5.74, 6) is -0.338. The summed E-state index contributed by atoms with van der Waals surface area (Å²) in [4.78, 5) is 0. The predicted molar refractivity (Wildman–Crippen MR) is 68.1 cm³/mol. The molecule has 18 heavy (non-hydrogen) atoms. The van der Waals surface area contributed by atoms with Crippen LogP contribution in [0.15, 0.2) is 48.5 Å². The summed E-state index contributed by atoms with van der Waals surface area (Å²) >= 11 is 0. The number of nitrogens with one attached hydrogen (secondary N) is 1. The number of hydrogen-bond donors (Lipinski definition) is 1. The van der Waals surface area contributed by atoms with E-state index in [4.69, 9.17) is 5.26 Å². The summed E-state index contributed by atoms with van der Waals surface area (Å²) in [5, 5.41) is 11.8. The average molecular weight is 240 g/mol. The van der Waals surface area contributed by atoms with E-state index in [1.165, 1.54) is 6.07 Å². The maximum atomic E-state index is 13.6. The molecular formula is C15H13FN2. The van der Waals surface area contributed by atoms with Crippen LogP contribution in [0.1, 0.15) is 16.7 Å². The Morgan fingerprint density at radius 1 is 1.06 bits per heavy atom. The van der Waals surface area contributed by atoms with Crippen molar-refractivity contribution in [2.45, 2.75) is 13.1 Å². The largest absolute Gasteiger partial charge is 0.309 e.